The van der Waals surface area contributed by atoms with Crippen LogP contribution < -0.4 is 5.73 Å². The van der Waals surface area contributed by atoms with Gasteiger partial charge in [0.25, 0.3) is 5.69 Å². The standard InChI is InChI=1S/C12H11N3O2/c1-8-2-4-9(5-3-8)11-6-10(15(16)17)7-12(13)14-11/h2-7H,1H3,(H2,13,14). The maximum absolute atomic E-state index is 10.7. The first kappa shape index (κ1) is 11.1. The van der Waals surface area contributed by atoms with Crippen LogP contribution in [0.5, 0.6) is 0 Å². The van der Waals surface area contributed by atoms with Crippen molar-refractivity contribution in [3.8, 4) is 11.3 Å². The highest BCUT2D eigenvalue weighted by Gasteiger charge is 2.10. The summed E-state index contributed by atoms with van der Waals surface area (Å²) >= 11 is 0. The quantitative estimate of drug-likeness (QED) is 0.633. The highest BCUT2D eigenvalue weighted by molar-refractivity contribution is 5.64. The van der Waals surface area contributed by atoms with Crippen LogP contribution in [0.4, 0.5) is 11.5 Å². The number of nitrogens with zero attached hydrogens (tertiary/aromatic N) is 2. The molecule has 0 radical (unpaired) electrons. The fraction of sp³-hybridized carbons (Fsp3) is 0.0833. The van der Waals surface area contributed by atoms with E-state index in [4.69, 9.17) is 5.73 Å². The molecule has 0 aliphatic rings. The third-order valence-electron chi connectivity index (χ3n) is 2.39. The van der Waals surface area contributed by atoms with E-state index in [1.165, 1.54) is 12.1 Å². The first-order valence-corrected chi connectivity index (χ1v) is 5.05. The predicted molar refractivity (Wildman–Crippen MR) is 65.5 cm³/mol. The summed E-state index contributed by atoms with van der Waals surface area (Å²) in [5.41, 5.74) is 7.94. The Labute approximate surface area is 98.1 Å². The summed E-state index contributed by atoms with van der Waals surface area (Å²) in [7, 11) is 0. The Morgan fingerprint density at radius 3 is 2.47 bits per heavy atom. The van der Waals surface area contributed by atoms with Crippen LogP contribution in [0.2, 0.25) is 0 Å². The van der Waals surface area contributed by atoms with Gasteiger partial charge in [0, 0.05) is 11.6 Å². The van der Waals surface area contributed by atoms with Gasteiger partial charge in [0.1, 0.15) is 5.82 Å². The zero-order valence-electron chi connectivity index (χ0n) is 9.25. The molecule has 2 N–H and O–H groups in total. The molecule has 0 saturated heterocycles. The number of benzene rings is 1. The van der Waals surface area contributed by atoms with Crippen molar-refractivity contribution in [2.75, 3.05) is 5.73 Å². The maximum atomic E-state index is 10.7. The number of nitrogens with two attached hydrogens (primary N) is 1. The van der Waals surface area contributed by atoms with Crippen LogP contribution in [0.15, 0.2) is 36.4 Å². The minimum absolute atomic E-state index is 0.0481. The van der Waals surface area contributed by atoms with E-state index in [1.807, 2.05) is 31.2 Å². The predicted octanol–water partition coefficient (Wildman–Crippen LogP) is 2.55. The van der Waals surface area contributed by atoms with Gasteiger partial charge in [0.2, 0.25) is 0 Å². The number of nitrogen functional groups attached to an aromatic ring is 1. The van der Waals surface area contributed by atoms with E-state index in [0.717, 1.165) is 11.1 Å². The molecule has 5 nitrogen and oxygen atoms in total. The summed E-state index contributed by atoms with van der Waals surface area (Å²) < 4.78 is 0. The van der Waals surface area contributed by atoms with Crippen molar-refractivity contribution in [2.24, 2.45) is 0 Å². The minimum atomic E-state index is -0.476. The number of hydrogen-bond acceptors (Lipinski definition) is 4. The number of rotatable bonds is 2. The van der Waals surface area contributed by atoms with Gasteiger partial charge in [-0.2, -0.15) is 0 Å². The van der Waals surface area contributed by atoms with Crippen molar-refractivity contribution in [3.63, 3.8) is 0 Å². The molecule has 1 aromatic heterocycles. The molecule has 0 atom stereocenters. The number of aryl methyl sites for hydroxylation is 1. The molecule has 86 valence electrons. The van der Waals surface area contributed by atoms with Crippen LogP contribution in [0.3, 0.4) is 0 Å². The van der Waals surface area contributed by atoms with Gasteiger partial charge >= 0.3 is 0 Å². The van der Waals surface area contributed by atoms with E-state index < -0.39 is 4.92 Å². The van der Waals surface area contributed by atoms with Crippen LogP contribution in [0, 0.1) is 17.0 Å². The fourth-order valence-electron chi connectivity index (χ4n) is 1.51. The van der Waals surface area contributed by atoms with E-state index in [9.17, 15) is 10.1 Å². The second kappa shape index (κ2) is 4.21. The largest absolute Gasteiger partial charge is 0.383 e. The number of hydrogen-bond donors (Lipinski definition) is 1. The molecule has 1 heterocycles. The lowest BCUT2D eigenvalue weighted by Crippen LogP contribution is -1.96. The van der Waals surface area contributed by atoms with Gasteiger partial charge in [0.05, 0.1) is 16.7 Å². The molecule has 0 aliphatic carbocycles. The van der Waals surface area contributed by atoms with Gasteiger partial charge < -0.3 is 5.73 Å². The zero-order chi connectivity index (χ0) is 12.4. The molecule has 17 heavy (non-hydrogen) atoms. The monoisotopic (exact) mass is 229 g/mol. The molecule has 0 bridgehead atoms. The Kier molecular flexibility index (Phi) is 2.74. The summed E-state index contributed by atoms with van der Waals surface area (Å²) in [6.45, 7) is 1.97. The summed E-state index contributed by atoms with van der Waals surface area (Å²) in [5.74, 6) is 0.148. The highest BCUT2D eigenvalue weighted by atomic mass is 16.6. The molecular formula is C12H11N3O2. The van der Waals surface area contributed by atoms with Crippen molar-refractivity contribution in [3.05, 3.63) is 52.1 Å². The molecule has 5 heteroatoms. The number of pyridine rings is 1. The summed E-state index contributed by atoms with van der Waals surface area (Å²) in [5, 5.41) is 10.7. The molecule has 0 aliphatic heterocycles. The van der Waals surface area contributed by atoms with Crippen molar-refractivity contribution in [1.29, 1.82) is 0 Å². The molecule has 0 saturated carbocycles. The second-order valence-electron chi connectivity index (χ2n) is 3.76. The molecule has 1 aromatic carbocycles. The molecule has 0 unspecified atom stereocenters. The highest BCUT2D eigenvalue weighted by Crippen LogP contribution is 2.24. The summed E-state index contributed by atoms with van der Waals surface area (Å²) in [6.07, 6.45) is 0. The third kappa shape index (κ3) is 2.39. The van der Waals surface area contributed by atoms with Gasteiger partial charge in [-0.05, 0) is 6.92 Å². The SMILES string of the molecule is Cc1ccc(-c2cc([N+](=O)[O-])cc(N)n2)cc1. The van der Waals surface area contributed by atoms with E-state index in [0.29, 0.717) is 5.69 Å². The Morgan fingerprint density at radius 2 is 1.88 bits per heavy atom. The Bertz CT molecular complexity index is 564. The average molecular weight is 229 g/mol. The van der Waals surface area contributed by atoms with Gasteiger partial charge in [-0.3, -0.25) is 10.1 Å². The Morgan fingerprint density at radius 1 is 1.24 bits per heavy atom. The van der Waals surface area contributed by atoms with Crippen LogP contribution in [0.1, 0.15) is 5.56 Å². The normalized spacial score (nSPS) is 10.2. The van der Waals surface area contributed by atoms with Crippen molar-refractivity contribution < 1.29 is 4.92 Å². The first-order valence-electron chi connectivity index (χ1n) is 5.05. The van der Waals surface area contributed by atoms with Crippen LogP contribution in [0.25, 0.3) is 11.3 Å². The van der Waals surface area contributed by atoms with Crippen LogP contribution in [-0.2, 0) is 0 Å². The van der Waals surface area contributed by atoms with Crippen LogP contribution >= 0.6 is 0 Å². The number of anilines is 1. The Balaban J connectivity index is 2.51. The van der Waals surface area contributed by atoms with Gasteiger partial charge in [-0.1, -0.05) is 29.8 Å². The van der Waals surface area contributed by atoms with E-state index in [2.05, 4.69) is 4.98 Å². The van der Waals surface area contributed by atoms with E-state index in [-0.39, 0.29) is 11.5 Å². The molecule has 0 amide bonds. The third-order valence-corrected chi connectivity index (χ3v) is 2.39. The topological polar surface area (TPSA) is 82.0 Å². The molecule has 2 rings (SSSR count). The van der Waals surface area contributed by atoms with Crippen molar-refractivity contribution >= 4 is 11.5 Å². The molecule has 2 aromatic rings. The lowest BCUT2D eigenvalue weighted by atomic mass is 10.1. The molecule has 0 fully saturated rings. The number of nitro groups is 1. The van der Waals surface area contributed by atoms with Crippen molar-refractivity contribution in [1.82, 2.24) is 4.98 Å². The second-order valence-corrected chi connectivity index (χ2v) is 3.76. The molecular weight excluding hydrogens is 218 g/mol. The number of aromatic nitrogens is 1. The summed E-state index contributed by atoms with van der Waals surface area (Å²) in [6, 6.07) is 10.2. The first-order chi connectivity index (χ1) is 8.06. The van der Waals surface area contributed by atoms with Crippen LogP contribution in [-0.4, -0.2) is 9.91 Å². The van der Waals surface area contributed by atoms with Gasteiger partial charge in [-0.15, -0.1) is 0 Å². The molecule has 0 spiro atoms. The van der Waals surface area contributed by atoms with Gasteiger partial charge in [-0.25, -0.2) is 4.98 Å². The fourth-order valence-corrected chi connectivity index (χ4v) is 1.51. The minimum Gasteiger partial charge on any atom is -0.383 e. The maximum Gasteiger partial charge on any atom is 0.275 e. The lowest BCUT2D eigenvalue weighted by molar-refractivity contribution is -0.384. The smallest absolute Gasteiger partial charge is 0.275 e. The lowest BCUT2D eigenvalue weighted by Gasteiger charge is -2.03. The van der Waals surface area contributed by atoms with Crippen molar-refractivity contribution in [2.45, 2.75) is 6.92 Å². The van der Waals surface area contributed by atoms with Gasteiger partial charge in [0.15, 0.2) is 0 Å². The summed E-state index contributed by atoms with van der Waals surface area (Å²) in [4.78, 5) is 14.3. The zero-order valence-corrected chi connectivity index (χ0v) is 9.25. The average Bonchev–Trinajstić information content (AvgIpc) is 2.29. The van der Waals surface area contributed by atoms with E-state index >= 15 is 0 Å². The van der Waals surface area contributed by atoms with E-state index in [1.54, 1.807) is 0 Å². The Hall–Kier alpha value is -2.43.